The average molecular weight is 446 g/mol. The van der Waals surface area contributed by atoms with Crippen LogP contribution in [0.2, 0.25) is 0 Å². The average Bonchev–Trinajstić information content (AvgIpc) is 2.85. The van der Waals surface area contributed by atoms with E-state index in [4.69, 9.17) is 18.9 Å². The van der Waals surface area contributed by atoms with Gasteiger partial charge in [-0.1, -0.05) is 30.3 Å². The fourth-order valence-corrected chi connectivity index (χ4v) is 3.08. The van der Waals surface area contributed by atoms with Gasteiger partial charge in [-0.3, -0.25) is 4.79 Å². The van der Waals surface area contributed by atoms with E-state index in [1.165, 1.54) is 6.21 Å². The number of ether oxygens (including phenoxy) is 4. The Kier molecular flexibility index (Phi) is 6.84. The van der Waals surface area contributed by atoms with Crippen LogP contribution in [0.25, 0.3) is 0 Å². The van der Waals surface area contributed by atoms with Crippen LogP contribution in [-0.2, 0) is 4.79 Å². The third-order valence-corrected chi connectivity index (χ3v) is 4.67. The van der Waals surface area contributed by atoms with Gasteiger partial charge in [0.2, 0.25) is 6.10 Å². The van der Waals surface area contributed by atoms with Crippen LogP contribution in [-0.4, -0.2) is 37.4 Å². The van der Waals surface area contributed by atoms with Gasteiger partial charge in [-0.25, -0.2) is 10.2 Å². The second-order valence-electron chi connectivity index (χ2n) is 6.99. The molecule has 0 saturated heterocycles. The van der Waals surface area contributed by atoms with Gasteiger partial charge in [-0.2, -0.15) is 5.10 Å². The smallest absolute Gasteiger partial charge is 0.343 e. The number of esters is 1. The summed E-state index contributed by atoms with van der Waals surface area (Å²) >= 11 is 0. The normalized spacial score (nSPS) is 14.5. The van der Waals surface area contributed by atoms with E-state index in [1.807, 2.05) is 19.1 Å². The molecule has 0 aliphatic carbocycles. The molecule has 4 rings (SSSR count). The van der Waals surface area contributed by atoms with E-state index >= 15 is 0 Å². The van der Waals surface area contributed by atoms with Crippen molar-refractivity contribution in [1.82, 2.24) is 5.43 Å². The van der Waals surface area contributed by atoms with Gasteiger partial charge in [0.15, 0.2) is 23.0 Å². The van der Waals surface area contributed by atoms with Crippen molar-refractivity contribution >= 4 is 18.1 Å². The number of rotatable bonds is 7. The minimum atomic E-state index is -0.809. The summed E-state index contributed by atoms with van der Waals surface area (Å²) in [6.07, 6.45) is 0.650. The van der Waals surface area contributed by atoms with Crippen LogP contribution in [0.4, 0.5) is 0 Å². The van der Waals surface area contributed by atoms with Gasteiger partial charge < -0.3 is 18.9 Å². The molecule has 0 fully saturated rings. The molecule has 1 aliphatic heterocycles. The van der Waals surface area contributed by atoms with Gasteiger partial charge in [0.1, 0.15) is 6.61 Å². The maximum absolute atomic E-state index is 12.4. The van der Waals surface area contributed by atoms with Crippen molar-refractivity contribution in [3.05, 3.63) is 83.9 Å². The van der Waals surface area contributed by atoms with Crippen LogP contribution in [0.5, 0.6) is 23.0 Å². The van der Waals surface area contributed by atoms with Gasteiger partial charge in [0.05, 0.1) is 18.4 Å². The van der Waals surface area contributed by atoms with Gasteiger partial charge in [0, 0.05) is 0 Å². The number of carbonyl (C=O) groups excluding carboxylic acids is 2. The fourth-order valence-electron chi connectivity index (χ4n) is 3.08. The van der Waals surface area contributed by atoms with E-state index in [9.17, 15) is 9.59 Å². The molecule has 3 aromatic rings. The SMILES string of the molecule is CCOc1cc(/C=N\NC(=O)[C@H]2COc3ccccc3O2)ccc1OC(=O)c1ccccc1. The molecule has 168 valence electrons. The number of nitrogens with one attached hydrogen (secondary N) is 1. The van der Waals surface area contributed by atoms with Crippen LogP contribution >= 0.6 is 0 Å². The molecular weight excluding hydrogens is 424 g/mol. The molecular formula is C25H22N2O6. The Morgan fingerprint density at radius 3 is 2.58 bits per heavy atom. The Labute approximate surface area is 190 Å². The Bertz CT molecular complexity index is 1160. The molecule has 1 N–H and O–H groups in total. The summed E-state index contributed by atoms with van der Waals surface area (Å²) in [6, 6.07) is 20.8. The number of nitrogens with zero attached hydrogens (tertiary/aromatic N) is 1. The van der Waals surface area contributed by atoms with Gasteiger partial charge in [-0.15, -0.1) is 0 Å². The molecule has 1 aliphatic rings. The first kappa shape index (κ1) is 21.9. The summed E-state index contributed by atoms with van der Waals surface area (Å²) < 4.78 is 22.3. The van der Waals surface area contributed by atoms with Crippen LogP contribution in [0, 0.1) is 0 Å². The first-order chi connectivity index (χ1) is 16.1. The Balaban J connectivity index is 1.39. The van der Waals surface area contributed by atoms with Crippen molar-refractivity contribution in [2.45, 2.75) is 13.0 Å². The molecule has 1 heterocycles. The lowest BCUT2D eigenvalue weighted by Crippen LogP contribution is -2.42. The molecule has 0 radical (unpaired) electrons. The Morgan fingerprint density at radius 2 is 1.79 bits per heavy atom. The van der Waals surface area contributed by atoms with Crippen LogP contribution < -0.4 is 24.4 Å². The summed E-state index contributed by atoms with van der Waals surface area (Å²) in [5.41, 5.74) is 3.53. The number of hydrogen-bond donors (Lipinski definition) is 1. The van der Waals surface area contributed by atoms with E-state index in [1.54, 1.807) is 60.7 Å². The van der Waals surface area contributed by atoms with Gasteiger partial charge in [0.25, 0.3) is 5.91 Å². The molecule has 0 saturated carbocycles. The zero-order valence-electron chi connectivity index (χ0n) is 17.9. The molecule has 0 bridgehead atoms. The standard InChI is InChI=1S/C25H22N2O6/c1-2-30-22-14-17(12-13-21(22)33-25(29)18-8-4-3-5-9-18)15-26-27-24(28)23-16-31-19-10-6-7-11-20(19)32-23/h3-15,23H,2,16H2,1H3,(H,27,28)/b26-15-/t23-/m1/s1. The summed E-state index contributed by atoms with van der Waals surface area (Å²) in [4.78, 5) is 24.7. The number of hydrazone groups is 1. The van der Waals surface area contributed by atoms with E-state index in [0.29, 0.717) is 40.7 Å². The van der Waals surface area contributed by atoms with Crippen LogP contribution in [0.1, 0.15) is 22.8 Å². The fraction of sp³-hybridized carbons (Fsp3) is 0.160. The summed E-state index contributed by atoms with van der Waals surface area (Å²) in [5, 5.41) is 3.99. The highest BCUT2D eigenvalue weighted by molar-refractivity contribution is 5.91. The lowest BCUT2D eigenvalue weighted by molar-refractivity contribution is -0.130. The van der Waals surface area contributed by atoms with Gasteiger partial charge in [-0.05, 0) is 55.0 Å². The predicted molar refractivity (Wildman–Crippen MR) is 121 cm³/mol. The lowest BCUT2D eigenvalue weighted by Gasteiger charge is -2.24. The topological polar surface area (TPSA) is 95.5 Å². The highest BCUT2D eigenvalue weighted by atomic mass is 16.6. The molecule has 33 heavy (non-hydrogen) atoms. The number of hydrogen-bond acceptors (Lipinski definition) is 7. The van der Waals surface area contributed by atoms with E-state index in [0.717, 1.165) is 0 Å². The largest absolute Gasteiger partial charge is 0.490 e. The highest BCUT2D eigenvalue weighted by Gasteiger charge is 2.27. The highest BCUT2D eigenvalue weighted by Crippen LogP contribution is 2.31. The second-order valence-corrected chi connectivity index (χ2v) is 6.99. The maximum Gasteiger partial charge on any atom is 0.343 e. The van der Waals surface area contributed by atoms with Crippen molar-refractivity contribution in [2.24, 2.45) is 5.10 Å². The Morgan fingerprint density at radius 1 is 1.03 bits per heavy atom. The second kappa shape index (κ2) is 10.3. The molecule has 8 heteroatoms. The van der Waals surface area contributed by atoms with E-state index in [-0.39, 0.29) is 6.61 Å². The van der Waals surface area contributed by atoms with Gasteiger partial charge >= 0.3 is 5.97 Å². The monoisotopic (exact) mass is 446 g/mol. The zero-order valence-corrected chi connectivity index (χ0v) is 17.9. The third-order valence-electron chi connectivity index (χ3n) is 4.67. The molecule has 8 nitrogen and oxygen atoms in total. The van der Waals surface area contributed by atoms with Crippen molar-refractivity contribution in [3.63, 3.8) is 0 Å². The first-order valence-electron chi connectivity index (χ1n) is 10.4. The Hall–Kier alpha value is -4.33. The predicted octanol–water partition coefficient (Wildman–Crippen LogP) is 3.59. The minimum absolute atomic E-state index is 0.0916. The number of amides is 1. The van der Waals surface area contributed by atoms with Crippen molar-refractivity contribution in [3.8, 4) is 23.0 Å². The summed E-state index contributed by atoms with van der Waals surface area (Å²) in [5.74, 6) is 0.869. The molecule has 0 aromatic heterocycles. The summed E-state index contributed by atoms with van der Waals surface area (Å²) in [7, 11) is 0. The zero-order chi connectivity index (χ0) is 23.0. The number of fused-ring (bicyclic) bond motifs is 1. The van der Waals surface area contributed by atoms with E-state index in [2.05, 4.69) is 10.5 Å². The summed E-state index contributed by atoms with van der Waals surface area (Å²) in [6.45, 7) is 2.30. The van der Waals surface area contributed by atoms with Crippen molar-refractivity contribution in [2.75, 3.05) is 13.2 Å². The number of para-hydroxylation sites is 2. The molecule has 3 aromatic carbocycles. The first-order valence-corrected chi connectivity index (χ1v) is 10.4. The number of carbonyl (C=O) groups is 2. The third kappa shape index (κ3) is 5.48. The van der Waals surface area contributed by atoms with Crippen LogP contribution in [0.15, 0.2) is 77.9 Å². The maximum atomic E-state index is 12.4. The molecule has 1 atom stereocenters. The quantitative estimate of drug-likeness (QED) is 0.258. The van der Waals surface area contributed by atoms with Crippen molar-refractivity contribution < 1.29 is 28.5 Å². The van der Waals surface area contributed by atoms with E-state index < -0.39 is 18.0 Å². The molecule has 1 amide bonds. The minimum Gasteiger partial charge on any atom is -0.490 e. The number of benzene rings is 3. The molecule has 0 spiro atoms. The van der Waals surface area contributed by atoms with Crippen molar-refractivity contribution in [1.29, 1.82) is 0 Å². The lowest BCUT2D eigenvalue weighted by atomic mass is 10.2. The van der Waals surface area contributed by atoms with Crippen LogP contribution in [0.3, 0.4) is 0 Å². The molecule has 0 unspecified atom stereocenters.